The maximum absolute atomic E-state index is 13.6. The number of carbonyl (C=O) groups is 3. The average molecular weight is 479 g/mol. The van der Waals surface area contributed by atoms with Crippen molar-refractivity contribution in [1.82, 2.24) is 15.1 Å². The van der Waals surface area contributed by atoms with Gasteiger partial charge in [-0.2, -0.15) is 9.78 Å². The normalized spacial score (nSPS) is 10.2. The second kappa shape index (κ2) is 10.6. The number of fused-ring (bicyclic) bond motifs is 1. The molecule has 0 aliphatic rings. The van der Waals surface area contributed by atoms with Crippen LogP contribution in [-0.4, -0.2) is 62.4 Å². The lowest BCUT2D eigenvalue weighted by Gasteiger charge is -2.13. The van der Waals surface area contributed by atoms with E-state index < -0.39 is 11.7 Å². The summed E-state index contributed by atoms with van der Waals surface area (Å²) in [5, 5.41) is 7.31. The van der Waals surface area contributed by atoms with Gasteiger partial charge in [-0.05, 0) is 24.3 Å². The van der Waals surface area contributed by atoms with E-state index in [1.807, 2.05) is 0 Å². The number of benzene rings is 2. The van der Waals surface area contributed by atoms with Crippen LogP contribution in [0.15, 0.2) is 24.3 Å². The predicted octanol–water partition coefficient (Wildman–Crippen LogP) is 2.45. The highest BCUT2D eigenvalue weighted by atomic mass is 16.5. The number of rotatable bonds is 7. The molecular weight excluding hydrogens is 454 g/mol. The number of methoxy groups -OCH3 is 4. The smallest absolute Gasteiger partial charge is 0.244 e. The molecule has 0 bridgehead atoms. The number of amides is 1. The molecule has 0 unspecified atom stereocenters. The molecule has 1 N–H and O–H groups in total. The van der Waals surface area contributed by atoms with Crippen LogP contribution in [0.1, 0.15) is 40.3 Å². The highest BCUT2D eigenvalue weighted by Crippen LogP contribution is 2.39. The van der Waals surface area contributed by atoms with E-state index in [0.29, 0.717) is 39.5 Å². The number of nitrogens with zero attached hydrogens (tertiary/aromatic N) is 2. The van der Waals surface area contributed by atoms with E-state index in [2.05, 4.69) is 22.3 Å². The molecule has 0 atom stereocenters. The molecule has 3 rings (SSSR count). The molecule has 0 saturated carbocycles. The molecule has 0 radical (unpaired) electrons. The van der Waals surface area contributed by atoms with Gasteiger partial charge < -0.3 is 24.3 Å². The average Bonchev–Trinajstić information content (AvgIpc) is 3.25. The van der Waals surface area contributed by atoms with Crippen LogP contribution in [0.2, 0.25) is 0 Å². The Labute approximate surface area is 202 Å². The number of carbonyl (C=O) groups excluding carboxylic acids is 3. The van der Waals surface area contributed by atoms with E-state index in [1.54, 1.807) is 12.1 Å². The molecule has 0 spiro atoms. The van der Waals surface area contributed by atoms with Crippen molar-refractivity contribution in [2.75, 3.05) is 35.0 Å². The van der Waals surface area contributed by atoms with Gasteiger partial charge in [-0.25, -0.2) is 0 Å². The number of aromatic nitrogens is 2. The van der Waals surface area contributed by atoms with E-state index in [1.165, 1.54) is 54.4 Å². The van der Waals surface area contributed by atoms with E-state index in [9.17, 15) is 14.4 Å². The summed E-state index contributed by atoms with van der Waals surface area (Å²) in [5.74, 6) is 5.99. The Balaban J connectivity index is 2.24. The van der Waals surface area contributed by atoms with E-state index >= 15 is 0 Å². The monoisotopic (exact) mass is 479 g/mol. The molecule has 35 heavy (non-hydrogen) atoms. The largest absolute Gasteiger partial charge is 0.495 e. The van der Waals surface area contributed by atoms with Gasteiger partial charge in [-0.15, -0.1) is 0 Å². The third kappa shape index (κ3) is 4.89. The second-order valence-corrected chi connectivity index (χ2v) is 7.27. The lowest BCUT2D eigenvalue weighted by Crippen LogP contribution is -2.19. The summed E-state index contributed by atoms with van der Waals surface area (Å²) in [5.41, 5.74) is 0.950. The van der Waals surface area contributed by atoms with Crippen molar-refractivity contribution in [3.8, 4) is 34.8 Å². The molecule has 1 amide bonds. The number of hydrogen-bond donors (Lipinski definition) is 1. The van der Waals surface area contributed by atoms with Gasteiger partial charge in [-0.3, -0.25) is 14.4 Å². The topological polar surface area (TPSA) is 118 Å². The van der Waals surface area contributed by atoms with Crippen molar-refractivity contribution in [1.29, 1.82) is 0 Å². The Bertz CT molecular complexity index is 1350. The SMILES string of the molecule is COc1cc(C(=O)c2nn(C(C)=O)c3c(C#CCNC(C)=O)c(OC)ccc23)cc(OC)c1OC. The summed E-state index contributed by atoms with van der Waals surface area (Å²) < 4.78 is 22.6. The predicted molar refractivity (Wildman–Crippen MR) is 128 cm³/mol. The number of ketones is 1. The van der Waals surface area contributed by atoms with Crippen molar-refractivity contribution in [2.45, 2.75) is 13.8 Å². The van der Waals surface area contributed by atoms with E-state index in [-0.39, 0.29) is 23.7 Å². The highest BCUT2D eigenvalue weighted by molar-refractivity contribution is 6.17. The third-order valence-corrected chi connectivity index (χ3v) is 5.11. The first-order valence-corrected chi connectivity index (χ1v) is 10.5. The summed E-state index contributed by atoms with van der Waals surface area (Å²) in [7, 11) is 5.83. The van der Waals surface area contributed by atoms with Crippen LogP contribution in [0.4, 0.5) is 0 Å². The molecular formula is C25H25N3O7. The Morgan fingerprint density at radius 3 is 2.09 bits per heavy atom. The van der Waals surface area contributed by atoms with Gasteiger partial charge in [-0.1, -0.05) is 11.8 Å². The lowest BCUT2D eigenvalue weighted by molar-refractivity contribution is -0.118. The zero-order valence-electron chi connectivity index (χ0n) is 20.3. The molecule has 0 aliphatic carbocycles. The van der Waals surface area contributed by atoms with Gasteiger partial charge in [0.15, 0.2) is 11.5 Å². The Hall–Kier alpha value is -4.52. The first-order chi connectivity index (χ1) is 16.8. The maximum atomic E-state index is 13.6. The van der Waals surface area contributed by atoms with Crippen LogP contribution in [-0.2, 0) is 4.79 Å². The van der Waals surface area contributed by atoms with Crippen LogP contribution in [0.5, 0.6) is 23.0 Å². The summed E-state index contributed by atoms with van der Waals surface area (Å²) in [6, 6.07) is 6.31. The summed E-state index contributed by atoms with van der Waals surface area (Å²) in [4.78, 5) is 37.2. The molecule has 10 nitrogen and oxygen atoms in total. The Morgan fingerprint density at radius 1 is 0.943 bits per heavy atom. The standard InChI is InChI=1S/C25H25N3O7/c1-14(29)26-11-7-8-17-19(32-3)10-9-18-22(27-28(15(2)30)23(17)18)24(31)16-12-20(33-4)25(35-6)21(13-16)34-5/h9-10,12-13H,11H2,1-6H3,(H,26,29). The Kier molecular flexibility index (Phi) is 7.61. The minimum atomic E-state index is -0.462. The number of ether oxygens (including phenoxy) is 4. The van der Waals surface area contributed by atoms with Crippen LogP contribution in [0.3, 0.4) is 0 Å². The summed E-state index contributed by atoms with van der Waals surface area (Å²) >= 11 is 0. The summed E-state index contributed by atoms with van der Waals surface area (Å²) in [6.07, 6.45) is 0. The molecule has 0 saturated heterocycles. The molecule has 0 fully saturated rings. The third-order valence-electron chi connectivity index (χ3n) is 5.11. The van der Waals surface area contributed by atoms with Crippen molar-refractivity contribution in [3.63, 3.8) is 0 Å². The molecule has 2 aromatic carbocycles. The van der Waals surface area contributed by atoms with Gasteiger partial charge in [0.25, 0.3) is 0 Å². The molecule has 1 heterocycles. The molecule has 1 aromatic heterocycles. The second-order valence-electron chi connectivity index (χ2n) is 7.27. The van der Waals surface area contributed by atoms with Crippen LogP contribution < -0.4 is 24.3 Å². The van der Waals surface area contributed by atoms with Crippen molar-refractivity contribution in [2.24, 2.45) is 0 Å². The Morgan fingerprint density at radius 2 is 1.57 bits per heavy atom. The van der Waals surface area contributed by atoms with Gasteiger partial charge in [0.2, 0.25) is 23.3 Å². The fraction of sp³-hybridized carbons (Fsp3) is 0.280. The molecule has 182 valence electrons. The first kappa shape index (κ1) is 25.1. The van der Waals surface area contributed by atoms with E-state index in [0.717, 1.165) is 4.68 Å². The van der Waals surface area contributed by atoms with Gasteiger partial charge in [0.05, 0.1) is 46.1 Å². The first-order valence-electron chi connectivity index (χ1n) is 10.5. The fourth-order valence-electron chi connectivity index (χ4n) is 3.52. The van der Waals surface area contributed by atoms with Gasteiger partial charge >= 0.3 is 0 Å². The van der Waals surface area contributed by atoms with Crippen molar-refractivity contribution >= 4 is 28.5 Å². The van der Waals surface area contributed by atoms with E-state index in [4.69, 9.17) is 18.9 Å². The fourth-order valence-corrected chi connectivity index (χ4v) is 3.52. The number of nitrogens with one attached hydrogen (secondary N) is 1. The zero-order valence-corrected chi connectivity index (χ0v) is 20.3. The maximum Gasteiger partial charge on any atom is 0.244 e. The van der Waals surface area contributed by atoms with Crippen LogP contribution in [0, 0.1) is 11.8 Å². The quantitative estimate of drug-likeness (QED) is 0.406. The lowest BCUT2D eigenvalue weighted by atomic mass is 10.0. The van der Waals surface area contributed by atoms with Crippen LogP contribution in [0.25, 0.3) is 10.9 Å². The summed E-state index contributed by atoms with van der Waals surface area (Å²) in [6.45, 7) is 2.81. The number of hydrogen-bond acceptors (Lipinski definition) is 8. The van der Waals surface area contributed by atoms with Crippen LogP contribution >= 0.6 is 0 Å². The highest BCUT2D eigenvalue weighted by Gasteiger charge is 2.26. The van der Waals surface area contributed by atoms with Crippen molar-refractivity contribution < 1.29 is 33.3 Å². The zero-order chi connectivity index (χ0) is 25.7. The minimum Gasteiger partial charge on any atom is -0.495 e. The van der Waals surface area contributed by atoms with Crippen molar-refractivity contribution in [3.05, 3.63) is 41.1 Å². The molecule has 3 aromatic rings. The van der Waals surface area contributed by atoms with Gasteiger partial charge in [0, 0.05) is 24.8 Å². The van der Waals surface area contributed by atoms with Gasteiger partial charge in [0.1, 0.15) is 11.4 Å². The minimum absolute atomic E-state index is 0.0389. The molecule has 10 heteroatoms. The molecule has 0 aliphatic heterocycles.